The van der Waals surface area contributed by atoms with Crippen molar-refractivity contribution in [3.8, 4) is 16.9 Å². The Bertz CT molecular complexity index is 1470. The average molecular weight is 440 g/mol. The predicted molar refractivity (Wildman–Crippen MR) is 126 cm³/mol. The van der Waals surface area contributed by atoms with Crippen molar-refractivity contribution in [1.82, 2.24) is 9.47 Å². The molecule has 33 heavy (non-hydrogen) atoms. The van der Waals surface area contributed by atoms with E-state index in [0.717, 1.165) is 37.3 Å². The molecule has 0 radical (unpaired) electrons. The number of fused-ring (bicyclic) bond motifs is 5. The van der Waals surface area contributed by atoms with Crippen LogP contribution >= 0.6 is 0 Å². The van der Waals surface area contributed by atoms with Gasteiger partial charge in [-0.2, -0.15) is 0 Å². The monoisotopic (exact) mass is 440 g/mol. The van der Waals surface area contributed by atoms with E-state index >= 15 is 0 Å². The van der Waals surface area contributed by atoms with Crippen molar-refractivity contribution < 1.29 is 9.52 Å². The van der Waals surface area contributed by atoms with Gasteiger partial charge in [-0.3, -0.25) is 14.5 Å². The van der Waals surface area contributed by atoms with Crippen molar-refractivity contribution in [1.29, 1.82) is 0 Å². The fourth-order valence-corrected chi connectivity index (χ4v) is 5.57. The first-order valence-electron chi connectivity index (χ1n) is 11.3. The molecule has 1 saturated heterocycles. The summed E-state index contributed by atoms with van der Waals surface area (Å²) in [5.74, 6) is 0.788. The van der Waals surface area contributed by atoms with Crippen LogP contribution in [0.4, 0.5) is 0 Å². The summed E-state index contributed by atoms with van der Waals surface area (Å²) in [6.07, 6.45) is 2.56. The van der Waals surface area contributed by atoms with Crippen LogP contribution < -0.4 is 11.0 Å². The Labute approximate surface area is 190 Å². The van der Waals surface area contributed by atoms with Crippen LogP contribution in [0, 0.1) is 5.92 Å². The second-order valence-electron chi connectivity index (χ2n) is 9.18. The van der Waals surface area contributed by atoms with Crippen LogP contribution in [0.2, 0.25) is 0 Å². The van der Waals surface area contributed by atoms with Gasteiger partial charge in [0, 0.05) is 43.9 Å². The molecule has 1 N–H and O–H groups in total. The molecule has 1 fully saturated rings. The molecule has 2 aliphatic rings. The molecule has 0 amide bonds. The Morgan fingerprint density at radius 3 is 2.64 bits per heavy atom. The molecule has 166 valence electrons. The van der Waals surface area contributed by atoms with Crippen LogP contribution in [0.1, 0.15) is 23.6 Å². The second kappa shape index (κ2) is 7.74. The zero-order valence-electron chi connectivity index (χ0n) is 18.1. The molecule has 2 aliphatic heterocycles. The summed E-state index contributed by atoms with van der Waals surface area (Å²) >= 11 is 0. The number of nitrogens with zero attached hydrogens (tertiary/aromatic N) is 2. The first-order chi connectivity index (χ1) is 16.1. The summed E-state index contributed by atoms with van der Waals surface area (Å²) in [5.41, 5.74) is 3.44. The number of pyridine rings is 1. The van der Waals surface area contributed by atoms with Gasteiger partial charge in [-0.15, -0.1) is 0 Å². The maximum Gasteiger partial charge on any atom is 0.250 e. The Balaban J connectivity index is 1.36. The van der Waals surface area contributed by atoms with E-state index in [4.69, 9.17) is 4.42 Å². The zero-order valence-corrected chi connectivity index (χ0v) is 18.1. The van der Waals surface area contributed by atoms with Crippen LogP contribution in [-0.2, 0) is 13.1 Å². The van der Waals surface area contributed by atoms with Gasteiger partial charge < -0.3 is 14.1 Å². The lowest BCUT2D eigenvalue weighted by atomic mass is 9.83. The SMILES string of the molecule is O=c1c(-c2ccccc2)coc2c(CN3C[C@@H]4C[C@@H](C3)c3cccc(=O)n3C4)c(O)ccc12. The number of likely N-dealkylation sites (tertiary alicyclic amines) is 1. The van der Waals surface area contributed by atoms with E-state index in [2.05, 4.69) is 4.90 Å². The smallest absolute Gasteiger partial charge is 0.250 e. The number of rotatable bonds is 3. The fraction of sp³-hybridized carbons (Fsp3) is 0.259. The number of phenols is 1. The van der Waals surface area contributed by atoms with Gasteiger partial charge in [0.15, 0.2) is 0 Å². The molecule has 2 atom stereocenters. The zero-order chi connectivity index (χ0) is 22.5. The maximum absolute atomic E-state index is 13.2. The molecule has 6 heteroatoms. The van der Waals surface area contributed by atoms with E-state index in [-0.39, 0.29) is 22.7 Å². The lowest BCUT2D eigenvalue weighted by Gasteiger charge is -2.42. The molecular formula is C27H24N2O4. The number of hydrogen-bond donors (Lipinski definition) is 1. The molecular weight excluding hydrogens is 416 g/mol. The number of aromatic hydroxyl groups is 1. The van der Waals surface area contributed by atoms with E-state index in [0.29, 0.717) is 34.6 Å². The van der Waals surface area contributed by atoms with E-state index in [1.807, 2.05) is 47.0 Å². The fourth-order valence-electron chi connectivity index (χ4n) is 5.57. The second-order valence-corrected chi connectivity index (χ2v) is 9.18. The predicted octanol–water partition coefficient (Wildman–Crippen LogP) is 3.95. The Hall–Kier alpha value is -3.64. The Morgan fingerprint density at radius 1 is 0.939 bits per heavy atom. The number of phenolic OH excluding ortho intramolecular Hbond substituents is 1. The first-order valence-corrected chi connectivity index (χ1v) is 11.3. The summed E-state index contributed by atoms with van der Waals surface area (Å²) in [6.45, 7) is 2.83. The quantitative estimate of drug-likeness (QED) is 0.522. The number of piperidine rings is 1. The van der Waals surface area contributed by atoms with Crippen molar-refractivity contribution in [3.05, 3.63) is 98.8 Å². The van der Waals surface area contributed by atoms with Crippen LogP contribution in [0.5, 0.6) is 5.75 Å². The molecule has 4 aromatic rings. The first kappa shape index (κ1) is 20.0. The molecule has 2 aromatic carbocycles. The third kappa shape index (κ3) is 3.38. The minimum Gasteiger partial charge on any atom is -0.507 e. The van der Waals surface area contributed by atoms with Gasteiger partial charge in [0.2, 0.25) is 5.43 Å². The van der Waals surface area contributed by atoms with Crippen LogP contribution in [-0.4, -0.2) is 27.7 Å². The van der Waals surface area contributed by atoms with Gasteiger partial charge in [0.1, 0.15) is 17.6 Å². The van der Waals surface area contributed by atoms with E-state index in [9.17, 15) is 14.7 Å². The third-order valence-electron chi connectivity index (χ3n) is 7.04. The highest BCUT2D eigenvalue weighted by Gasteiger charge is 2.35. The van der Waals surface area contributed by atoms with E-state index in [1.165, 1.54) is 6.26 Å². The van der Waals surface area contributed by atoms with Crippen molar-refractivity contribution in [2.75, 3.05) is 13.1 Å². The molecule has 2 bridgehead atoms. The summed E-state index contributed by atoms with van der Waals surface area (Å²) in [7, 11) is 0. The molecule has 0 saturated carbocycles. The van der Waals surface area contributed by atoms with E-state index in [1.54, 1.807) is 18.2 Å². The normalized spacial score (nSPS) is 20.0. The lowest BCUT2D eigenvalue weighted by molar-refractivity contribution is 0.113. The van der Waals surface area contributed by atoms with Crippen LogP contribution in [0.25, 0.3) is 22.1 Å². The highest BCUT2D eigenvalue weighted by Crippen LogP contribution is 2.37. The molecule has 2 aromatic heterocycles. The van der Waals surface area contributed by atoms with Crippen molar-refractivity contribution in [3.63, 3.8) is 0 Å². The molecule has 0 spiro atoms. The van der Waals surface area contributed by atoms with Crippen molar-refractivity contribution in [2.24, 2.45) is 5.92 Å². The van der Waals surface area contributed by atoms with Gasteiger partial charge >= 0.3 is 0 Å². The maximum atomic E-state index is 13.2. The van der Waals surface area contributed by atoms with Crippen molar-refractivity contribution >= 4 is 11.0 Å². The van der Waals surface area contributed by atoms with Gasteiger partial charge in [-0.25, -0.2) is 0 Å². The highest BCUT2D eigenvalue weighted by molar-refractivity contribution is 5.85. The number of aromatic nitrogens is 1. The number of hydrogen-bond acceptors (Lipinski definition) is 5. The van der Waals surface area contributed by atoms with E-state index < -0.39 is 0 Å². The number of benzene rings is 2. The average Bonchev–Trinajstić information content (AvgIpc) is 2.82. The van der Waals surface area contributed by atoms with Crippen LogP contribution in [0.15, 0.2) is 80.9 Å². The van der Waals surface area contributed by atoms with Crippen LogP contribution in [0.3, 0.4) is 0 Å². The van der Waals surface area contributed by atoms with Crippen molar-refractivity contribution in [2.45, 2.75) is 25.4 Å². The third-order valence-corrected chi connectivity index (χ3v) is 7.04. The summed E-state index contributed by atoms with van der Waals surface area (Å²) in [6, 6.07) is 18.2. The standard InChI is InChI=1S/C27H24N2O4/c30-24-10-9-20-26(32)22(18-5-2-1-3-6-18)16-33-27(20)21(24)15-28-12-17-11-19(14-28)23-7-4-8-25(31)29(23)13-17/h1-10,16-17,19,30H,11-15H2/t17-,19-/m0/s1. The summed E-state index contributed by atoms with van der Waals surface area (Å²) < 4.78 is 7.88. The lowest BCUT2D eigenvalue weighted by Crippen LogP contribution is -2.46. The topological polar surface area (TPSA) is 75.7 Å². The largest absolute Gasteiger partial charge is 0.507 e. The molecule has 6 nitrogen and oxygen atoms in total. The van der Waals surface area contributed by atoms with Gasteiger partial charge in [-0.05, 0) is 36.1 Å². The minimum atomic E-state index is -0.104. The molecule has 6 rings (SSSR count). The van der Waals surface area contributed by atoms with Gasteiger partial charge in [0.05, 0.1) is 16.5 Å². The molecule has 4 heterocycles. The Kier molecular flexibility index (Phi) is 4.69. The summed E-state index contributed by atoms with van der Waals surface area (Å²) in [4.78, 5) is 27.8. The summed E-state index contributed by atoms with van der Waals surface area (Å²) in [5, 5.41) is 11.2. The van der Waals surface area contributed by atoms with Gasteiger partial charge in [-0.1, -0.05) is 36.4 Å². The van der Waals surface area contributed by atoms with Gasteiger partial charge in [0.25, 0.3) is 5.56 Å². The molecule has 0 aliphatic carbocycles. The Morgan fingerprint density at radius 2 is 1.79 bits per heavy atom. The highest BCUT2D eigenvalue weighted by atomic mass is 16.3. The molecule has 0 unspecified atom stereocenters. The minimum absolute atomic E-state index is 0.0679.